The van der Waals surface area contributed by atoms with Crippen LogP contribution in [-0.2, 0) is 4.74 Å². The van der Waals surface area contributed by atoms with Crippen LogP contribution in [0.15, 0.2) is 0 Å². The lowest BCUT2D eigenvalue weighted by Crippen LogP contribution is -2.51. The first-order valence-corrected chi connectivity index (χ1v) is 9.03. The Labute approximate surface area is 121 Å². The summed E-state index contributed by atoms with van der Waals surface area (Å²) in [6, 6.07) is 1.94. The average Bonchev–Trinajstić information content (AvgIpc) is 2.87. The van der Waals surface area contributed by atoms with Crippen LogP contribution in [0.1, 0.15) is 44.9 Å². The third-order valence-corrected chi connectivity index (χ3v) is 6.65. The zero-order valence-corrected chi connectivity index (χ0v) is 13.0. The molecule has 0 bridgehead atoms. The van der Waals surface area contributed by atoms with Gasteiger partial charge in [0.1, 0.15) is 0 Å². The second-order valence-corrected chi connectivity index (χ2v) is 7.82. The molecule has 3 rings (SSSR count). The minimum atomic E-state index is 0.215. The van der Waals surface area contributed by atoms with Crippen molar-refractivity contribution in [1.82, 2.24) is 4.90 Å². The van der Waals surface area contributed by atoms with Gasteiger partial charge in [0.2, 0.25) is 0 Å². The van der Waals surface area contributed by atoms with Gasteiger partial charge in [-0.3, -0.25) is 0 Å². The normalized spacial score (nSPS) is 44.1. The fraction of sp³-hybridized carbons (Fsp3) is 1.00. The second-order valence-electron chi connectivity index (χ2n) is 6.71. The Morgan fingerprint density at radius 1 is 1.16 bits per heavy atom. The molecule has 2 aliphatic heterocycles. The first-order valence-electron chi connectivity index (χ1n) is 7.88. The molecule has 19 heavy (non-hydrogen) atoms. The molecular weight excluding hydrogens is 256 g/mol. The molecule has 4 heteroatoms. The van der Waals surface area contributed by atoms with E-state index in [0.717, 1.165) is 18.7 Å². The van der Waals surface area contributed by atoms with Crippen molar-refractivity contribution in [3.05, 3.63) is 0 Å². The molecule has 0 amide bonds. The molecule has 1 spiro atoms. The van der Waals surface area contributed by atoms with Crippen LogP contribution in [-0.4, -0.2) is 53.8 Å². The summed E-state index contributed by atoms with van der Waals surface area (Å²) in [7, 11) is 2.34. The summed E-state index contributed by atoms with van der Waals surface area (Å²) in [4.78, 5) is 2.67. The lowest BCUT2D eigenvalue weighted by atomic mass is 9.85. The summed E-state index contributed by atoms with van der Waals surface area (Å²) >= 11 is 2.07. The van der Waals surface area contributed by atoms with Crippen molar-refractivity contribution in [2.45, 2.75) is 68.7 Å². The van der Waals surface area contributed by atoms with Crippen molar-refractivity contribution in [3.8, 4) is 0 Å². The molecule has 0 aromatic rings. The van der Waals surface area contributed by atoms with Crippen LogP contribution in [0.25, 0.3) is 0 Å². The van der Waals surface area contributed by atoms with Crippen LogP contribution in [0, 0.1) is 0 Å². The minimum Gasteiger partial charge on any atom is -0.374 e. The summed E-state index contributed by atoms with van der Waals surface area (Å²) in [6.45, 7) is 0.960. The van der Waals surface area contributed by atoms with E-state index in [2.05, 4.69) is 23.7 Å². The van der Waals surface area contributed by atoms with Gasteiger partial charge in [-0.05, 0) is 57.7 Å². The SMILES string of the molecule is CN(C1CCC(N)CC1)C1CCOC2(CCSC2)C1. The maximum absolute atomic E-state index is 6.14. The van der Waals surface area contributed by atoms with Crippen molar-refractivity contribution in [3.63, 3.8) is 0 Å². The standard InChI is InChI=1S/C15H28N2OS/c1-17(13-4-2-12(16)3-5-13)14-6-8-18-15(10-14)7-9-19-11-15/h12-14H,2-11,16H2,1H3. The quantitative estimate of drug-likeness (QED) is 0.844. The topological polar surface area (TPSA) is 38.5 Å². The van der Waals surface area contributed by atoms with Crippen LogP contribution in [0.2, 0.25) is 0 Å². The van der Waals surface area contributed by atoms with Crippen LogP contribution in [0.3, 0.4) is 0 Å². The van der Waals surface area contributed by atoms with Gasteiger partial charge in [-0.1, -0.05) is 0 Å². The molecule has 3 aliphatic rings. The monoisotopic (exact) mass is 284 g/mol. The molecular formula is C15H28N2OS. The summed E-state index contributed by atoms with van der Waals surface area (Å²) in [5, 5.41) is 0. The van der Waals surface area contributed by atoms with Gasteiger partial charge in [0, 0.05) is 30.5 Å². The molecule has 1 aliphatic carbocycles. The third kappa shape index (κ3) is 3.12. The molecule has 2 saturated heterocycles. The van der Waals surface area contributed by atoms with Crippen molar-refractivity contribution >= 4 is 11.8 Å². The van der Waals surface area contributed by atoms with Crippen LogP contribution in [0.4, 0.5) is 0 Å². The average molecular weight is 284 g/mol. The summed E-state index contributed by atoms with van der Waals surface area (Å²) in [6.07, 6.45) is 8.72. The Bertz CT molecular complexity index is 299. The van der Waals surface area contributed by atoms with E-state index in [0.29, 0.717) is 6.04 Å². The predicted octanol–water partition coefficient (Wildman–Crippen LogP) is 2.24. The van der Waals surface area contributed by atoms with Gasteiger partial charge < -0.3 is 15.4 Å². The van der Waals surface area contributed by atoms with Crippen molar-refractivity contribution < 1.29 is 4.74 Å². The lowest BCUT2D eigenvalue weighted by molar-refractivity contribution is -0.0929. The highest BCUT2D eigenvalue weighted by Crippen LogP contribution is 2.40. The van der Waals surface area contributed by atoms with E-state index in [-0.39, 0.29) is 5.60 Å². The van der Waals surface area contributed by atoms with Gasteiger partial charge in [-0.25, -0.2) is 0 Å². The van der Waals surface area contributed by atoms with Crippen LogP contribution in [0.5, 0.6) is 0 Å². The second kappa shape index (κ2) is 5.92. The van der Waals surface area contributed by atoms with Crippen LogP contribution < -0.4 is 5.73 Å². The smallest absolute Gasteiger partial charge is 0.0795 e. The number of thioether (sulfide) groups is 1. The van der Waals surface area contributed by atoms with Gasteiger partial charge in [0.15, 0.2) is 0 Å². The Balaban J connectivity index is 1.58. The Morgan fingerprint density at radius 3 is 2.63 bits per heavy atom. The van der Waals surface area contributed by atoms with Crippen molar-refractivity contribution in [2.75, 3.05) is 25.2 Å². The molecule has 2 unspecified atom stereocenters. The number of rotatable bonds is 2. The van der Waals surface area contributed by atoms with Gasteiger partial charge >= 0.3 is 0 Å². The Morgan fingerprint density at radius 2 is 1.95 bits per heavy atom. The summed E-state index contributed by atoms with van der Waals surface area (Å²) in [5.74, 6) is 2.50. The highest BCUT2D eigenvalue weighted by atomic mass is 32.2. The van der Waals surface area contributed by atoms with E-state index in [4.69, 9.17) is 10.5 Å². The van der Waals surface area contributed by atoms with Crippen LogP contribution >= 0.6 is 11.8 Å². The molecule has 1 saturated carbocycles. The summed E-state index contributed by atoms with van der Waals surface area (Å²) in [5.41, 5.74) is 6.24. The van der Waals surface area contributed by atoms with Gasteiger partial charge in [-0.2, -0.15) is 11.8 Å². The zero-order valence-electron chi connectivity index (χ0n) is 12.1. The fourth-order valence-electron chi connectivity index (χ4n) is 4.02. The van der Waals surface area contributed by atoms with Gasteiger partial charge in [-0.15, -0.1) is 0 Å². The minimum absolute atomic E-state index is 0.215. The zero-order chi connectivity index (χ0) is 13.3. The molecule has 0 aromatic heterocycles. The van der Waals surface area contributed by atoms with E-state index in [1.165, 1.54) is 56.5 Å². The van der Waals surface area contributed by atoms with Crippen molar-refractivity contribution in [1.29, 1.82) is 0 Å². The van der Waals surface area contributed by atoms with Gasteiger partial charge in [0.05, 0.1) is 5.60 Å². The predicted molar refractivity (Wildman–Crippen MR) is 81.6 cm³/mol. The molecule has 2 N–H and O–H groups in total. The van der Waals surface area contributed by atoms with E-state index in [1.54, 1.807) is 0 Å². The van der Waals surface area contributed by atoms with E-state index < -0.39 is 0 Å². The van der Waals surface area contributed by atoms with E-state index in [9.17, 15) is 0 Å². The van der Waals surface area contributed by atoms with Crippen molar-refractivity contribution in [2.24, 2.45) is 5.73 Å². The molecule has 110 valence electrons. The number of nitrogens with zero attached hydrogens (tertiary/aromatic N) is 1. The largest absolute Gasteiger partial charge is 0.374 e. The molecule has 0 radical (unpaired) electrons. The molecule has 2 atom stereocenters. The summed E-state index contributed by atoms with van der Waals surface area (Å²) < 4.78 is 6.14. The first kappa shape index (κ1) is 14.2. The number of nitrogens with two attached hydrogens (primary N) is 1. The molecule has 3 fully saturated rings. The molecule has 2 heterocycles. The highest BCUT2D eigenvalue weighted by molar-refractivity contribution is 7.99. The molecule has 3 nitrogen and oxygen atoms in total. The maximum atomic E-state index is 6.14. The van der Waals surface area contributed by atoms with Gasteiger partial charge in [0.25, 0.3) is 0 Å². The number of hydrogen-bond donors (Lipinski definition) is 1. The van der Waals surface area contributed by atoms with E-state index >= 15 is 0 Å². The van der Waals surface area contributed by atoms with E-state index in [1.807, 2.05) is 0 Å². The Hall–Kier alpha value is 0.230. The number of hydrogen-bond acceptors (Lipinski definition) is 4. The highest BCUT2D eigenvalue weighted by Gasteiger charge is 2.42. The lowest BCUT2D eigenvalue weighted by Gasteiger charge is -2.45. The Kier molecular flexibility index (Phi) is 4.42. The first-order chi connectivity index (χ1) is 9.19. The third-order valence-electron chi connectivity index (χ3n) is 5.43. The molecule has 0 aromatic carbocycles. The number of ether oxygens (including phenoxy) is 1. The fourth-order valence-corrected chi connectivity index (χ4v) is 5.40. The maximum Gasteiger partial charge on any atom is 0.0795 e.